The zero-order valence-corrected chi connectivity index (χ0v) is 12.7. The van der Waals surface area contributed by atoms with Gasteiger partial charge in [0, 0.05) is 12.3 Å². The third kappa shape index (κ3) is 3.07. The van der Waals surface area contributed by atoms with Gasteiger partial charge in [0.25, 0.3) is 0 Å². The van der Waals surface area contributed by atoms with Crippen LogP contribution in [0.1, 0.15) is 17.4 Å². The molecular formula is C16H19NO5. The van der Waals surface area contributed by atoms with Crippen LogP contribution in [0.4, 0.5) is 0 Å². The molecule has 0 bridgehead atoms. The fraction of sp³-hybridized carbons (Fsp3) is 0.312. The number of rotatable bonds is 5. The Kier molecular flexibility index (Phi) is 4.72. The Morgan fingerprint density at radius 1 is 1.18 bits per heavy atom. The quantitative estimate of drug-likeness (QED) is 0.877. The molecule has 0 fully saturated rings. The Hall–Kier alpha value is -2.47. The van der Waals surface area contributed by atoms with Gasteiger partial charge in [-0.3, -0.25) is 4.79 Å². The molecule has 22 heavy (non-hydrogen) atoms. The highest BCUT2D eigenvalue weighted by Gasteiger charge is 2.14. The second kappa shape index (κ2) is 6.53. The first-order chi connectivity index (χ1) is 10.5. The highest BCUT2D eigenvalue weighted by Crippen LogP contribution is 2.30. The summed E-state index contributed by atoms with van der Waals surface area (Å²) in [6, 6.07) is 6.42. The largest absolute Gasteiger partial charge is 0.503 e. The molecule has 0 amide bonds. The van der Waals surface area contributed by atoms with E-state index in [1.165, 1.54) is 13.2 Å². The van der Waals surface area contributed by atoms with Gasteiger partial charge in [-0.05, 0) is 24.6 Å². The minimum atomic E-state index is -0.819. The van der Waals surface area contributed by atoms with Crippen LogP contribution in [0.3, 0.4) is 0 Å². The predicted molar refractivity (Wildman–Crippen MR) is 81.6 cm³/mol. The van der Waals surface area contributed by atoms with Crippen molar-refractivity contribution in [1.82, 2.24) is 4.57 Å². The van der Waals surface area contributed by atoms with E-state index in [2.05, 4.69) is 0 Å². The van der Waals surface area contributed by atoms with Crippen molar-refractivity contribution >= 4 is 0 Å². The Bertz CT molecular complexity index is 723. The van der Waals surface area contributed by atoms with Gasteiger partial charge >= 0.3 is 0 Å². The molecule has 1 heterocycles. The van der Waals surface area contributed by atoms with E-state index in [1.807, 2.05) is 0 Å². The first-order valence-electron chi connectivity index (χ1n) is 6.77. The average Bonchev–Trinajstić information content (AvgIpc) is 2.54. The zero-order chi connectivity index (χ0) is 16.3. The summed E-state index contributed by atoms with van der Waals surface area (Å²) < 4.78 is 12.0. The molecule has 118 valence electrons. The molecule has 2 aromatic rings. The van der Waals surface area contributed by atoms with Crippen molar-refractivity contribution in [2.45, 2.75) is 19.6 Å². The Morgan fingerprint density at radius 2 is 1.86 bits per heavy atom. The van der Waals surface area contributed by atoms with Gasteiger partial charge in [-0.25, -0.2) is 0 Å². The maximum absolute atomic E-state index is 11.3. The SMILES string of the molecule is COc1ccc([C@@H](O)Cn2ccc(=O)c(O)c2C)cc1OC. The lowest BCUT2D eigenvalue weighted by atomic mass is 10.1. The lowest BCUT2D eigenvalue weighted by molar-refractivity contribution is 0.154. The number of methoxy groups -OCH3 is 2. The molecule has 0 unspecified atom stereocenters. The molecule has 0 radical (unpaired) electrons. The third-order valence-electron chi connectivity index (χ3n) is 3.57. The minimum Gasteiger partial charge on any atom is -0.503 e. The van der Waals surface area contributed by atoms with E-state index < -0.39 is 11.5 Å². The van der Waals surface area contributed by atoms with Crippen molar-refractivity contribution < 1.29 is 19.7 Å². The third-order valence-corrected chi connectivity index (χ3v) is 3.57. The van der Waals surface area contributed by atoms with Crippen molar-refractivity contribution in [3.8, 4) is 17.2 Å². The normalized spacial score (nSPS) is 12.0. The summed E-state index contributed by atoms with van der Waals surface area (Å²) >= 11 is 0. The molecule has 0 saturated carbocycles. The molecular weight excluding hydrogens is 286 g/mol. The van der Waals surface area contributed by atoms with Crippen molar-refractivity contribution in [3.63, 3.8) is 0 Å². The van der Waals surface area contributed by atoms with E-state index >= 15 is 0 Å². The molecule has 6 nitrogen and oxygen atoms in total. The molecule has 0 aliphatic rings. The number of nitrogens with zero attached hydrogens (tertiary/aromatic N) is 1. The summed E-state index contributed by atoms with van der Waals surface area (Å²) in [7, 11) is 3.07. The Balaban J connectivity index is 2.28. The fourth-order valence-corrected chi connectivity index (χ4v) is 2.21. The summed E-state index contributed by atoms with van der Waals surface area (Å²) in [5, 5.41) is 20.0. The van der Waals surface area contributed by atoms with Gasteiger partial charge in [0.15, 0.2) is 17.2 Å². The van der Waals surface area contributed by atoms with Crippen molar-refractivity contribution in [2.75, 3.05) is 14.2 Å². The van der Waals surface area contributed by atoms with Gasteiger partial charge in [-0.15, -0.1) is 0 Å². The van der Waals surface area contributed by atoms with Gasteiger partial charge in [-0.2, -0.15) is 0 Å². The van der Waals surface area contributed by atoms with Gasteiger partial charge in [-0.1, -0.05) is 6.07 Å². The van der Waals surface area contributed by atoms with E-state index in [0.717, 1.165) is 0 Å². The van der Waals surface area contributed by atoms with Crippen LogP contribution in [0.15, 0.2) is 35.3 Å². The van der Waals surface area contributed by atoms with Crippen molar-refractivity contribution in [3.05, 3.63) is 51.9 Å². The summed E-state index contributed by atoms with van der Waals surface area (Å²) in [6.45, 7) is 1.83. The number of pyridine rings is 1. The second-order valence-corrected chi connectivity index (χ2v) is 4.90. The van der Waals surface area contributed by atoms with Crippen LogP contribution >= 0.6 is 0 Å². The smallest absolute Gasteiger partial charge is 0.223 e. The van der Waals surface area contributed by atoms with Gasteiger partial charge in [0.1, 0.15) is 0 Å². The van der Waals surface area contributed by atoms with Crippen LogP contribution in [0.25, 0.3) is 0 Å². The number of aromatic hydroxyl groups is 1. The molecule has 1 aromatic carbocycles. The number of ether oxygens (including phenoxy) is 2. The molecule has 6 heteroatoms. The van der Waals surface area contributed by atoms with E-state index in [0.29, 0.717) is 22.8 Å². The molecule has 0 aliphatic carbocycles. The second-order valence-electron chi connectivity index (χ2n) is 4.90. The highest BCUT2D eigenvalue weighted by molar-refractivity contribution is 5.43. The van der Waals surface area contributed by atoms with E-state index in [1.54, 1.807) is 43.0 Å². The minimum absolute atomic E-state index is 0.204. The van der Waals surface area contributed by atoms with Gasteiger partial charge < -0.3 is 24.3 Å². The predicted octanol–water partition coefficient (Wildman–Crippen LogP) is 1.61. The van der Waals surface area contributed by atoms with Crippen LogP contribution in [0, 0.1) is 6.92 Å². The maximum Gasteiger partial charge on any atom is 0.223 e. The lowest BCUT2D eigenvalue weighted by Crippen LogP contribution is -2.14. The van der Waals surface area contributed by atoms with Gasteiger partial charge in [0.05, 0.1) is 32.6 Å². The fourth-order valence-electron chi connectivity index (χ4n) is 2.21. The summed E-state index contributed by atoms with van der Waals surface area (Å²) in [6.07, 6.45) is 0.724. The Labute approximate surface area is 128 Å². The Morgan fingerprint density at radius 3 is 2.50 bits per heavy atom. The average molecular weight is 305 g/mol. The molecule has 1 aromatic heterocycles. The van der Waals surface area contributed by atoms with Crippen LogP contribution in [0.2, 0.25) is 0 Å². The molecule has 0 saturated heterocycles. The van der Waals surface area contributed by atoms with E-state index in [9.17, 15) is 15.0 Å². The van der Waals surface area contributed by atoms with Gasteiger partial charge in [0.2, 0.25) is 5.43 Å². The number of aliphatic hydroxyl groups excluding tert-OH is 1. The highest BCUT2D eigenvalue weighted by atomic mass is 16.5. The van der Waals surface area contributed by atoms with Crippen LogP contribution in [-0.4, -0.2) is 29.0 Å². The zero-order valence-electron chi connectivity index (χ0n) is 12.7. The van der Waals surface area contributed by atoms with Crippen molar-refractivity contribution in [2.24, 2.45) is 0 Å². The molecule has 0 aliphatic heterocycles. The van der Waals surface area contributed by atoms with Crippen LogP contribution in [0.5, 0.6) is 17.2 Å². The van der Waals surface area contributed by atoms with E-state index in [4.69, 9.17) is 9.47 Å². The maximum atomic E-state index is 11.3. The number of hydrogen-bond acceptors (Lipinski definition) is 5. The summed E-state index contributed by atoms with van der Waals surface area (Å²) in [5.41, 5.74) is 0.622. The number of aromatic nitrogens is 1. The molecule has 2 rings (SSSR count). The first-order valence-corrected chi connectivity index (χ1v) is 6.77. The molecule has 1 atom stereocenters. The molecule has 2 N–H and O–H groups in total. The van der Waals surface area contributed by atoms with E-state index in [-0.39, 0.29) is 12.3 Å². The topological polar surface area (TPSA) is 80.9 Å². The summed E-state index contributed by atoms with van der Waals surface area (Å²) in [5.74, 6) is 0.802. The van der Waals surface area contributed by atoms with Crippen LogP contribution in [-0.2, 0) is 6.54 Å². The standard InChI is InChI=1S/C16H19NO5/c1-10-16(20)12(18)6-7-17(10)9-13(19)11-4-5-14(21-2)15(8-11)22-3/h4-8,13,19-20H,9H2,1-3H3/t13-/m0/s1. The monoisotopic (exact) mass is 305 g/mol. The number of benzene rings is 1. The van der Waals surface area contributed by atoms with Crippen LogP contribution < -0.4 is 14.9 Å². The first kappa shape index (κ1) is 15.9. The van der Waals surface area contributed by atoms with Crippen molar-refractivity contribution in [1.29, 1.82) is 0 Å². The summed E-state index contributed by atoms with van der Waals surface area (Å²) in [4.78, 5) is 11.3. The number of aliphatic hydroxyl groups is 1. The number of hydrogen-bond donors (Lipinski definition) is 2. The lowest BCUT2D eigenvalue weighted by Gasteiger charge is -2.17. The molecule has 0 spiro atoms.